The van der Waals surface area contributed by atoms with Crippen LogP contribution in [0.2, 0.25) is 0 Å². The molecule has 0 saturated carbocycles. The zero-order valence-corrected chi connectivity index (χ0v) is 11.9. The van der Waals surface area contributed by atoms with Crippen LogP contribution < -0.4 is 5.32 Å². The van der Waals surface area contributed by atoms with Crippen LogP contribution in [0.3, 0.4) is 0 Å². The second-order valence-corrected chi connectivity index (χ2v) is 5.28. The van der Waals surface area contributed by atoms with E-state index in [0.717, 1.165) is 11.5 Å². The zero-order chi connectivity index (χ0) is 14.4. The third kappa shape index (κ3) is 4.61. The highest BCUT2D eigenvalue weighted by atomic mass is 32.2. The molecule has 108 valence electrons. The number of furan rings is 1. The molecule has 2 heterocycles. The number of pyridine rings is 1. The van der Waals surface area contributed by atoms with E-state index in [1.807, 2.05) is 25.1 Å². The van der Waals surface area contributed by atoms with Crippen LogP contribution in [-0.2, 0) is 12.3 Å². The lowest BCUT2D eigenvalue weighted by Gasteiger charge is -2.11. The predicted octanol–water partition coefficient (Wildman–Crippen LogP) is 3.98. The number of rotatable bonds is 7. The van der Waals surface area contributed by atoms with Gasteiger partial charge in [-0.25, -0.2) is 0 Å². The first-order chi connectivity index (χ1) is 9.65. The molecule has 0 unspecified atom stereocenters. The van der Waals surface area contributed by atoms with Gasteiger partial charge in [0.2, 0.25) is 0 Å². The van der Waals surface area contributed by atoms with Gasteiger partial charge in [-0.05, 0) is 31.2 Å². The van der Waals surface area contributed by atoms with E-state index in [2.05, 4.69) is 10.3 Å². The van der Waals surface area contributed by atoms with Gasteiger partial charge in [-0.2, -0.15) is 8.78 Å². The highest BCUT2D eigenvalue weighted by Gasteiger charge is 2.09. The molecule has 0 aliphatic heterocycles. The summed E-state index contributed by atoms with van der Waals surface area (Å²) in [6, 6.07) is 9.39. The van der Waals surface area contributed by atoms with E-state index in [4.69, 9.17) is 4.42 Å². The van der Waals surface area contributed by atoms with Crippen LogP contribution in [0.25, 0.3) is 0 Å². The summed E-state index contributed by atoms with van der Waals surface area (Å²) in [5.41, 5.74) is 0.951. The molecule has 0 saturated heterocycles. The second-order valence-electron chi connectivity index (χ2n) is 4.30. The second kappa shape index (κ2) is 7.40. The van der Waals surface area contributed by atoms with Gasteiger partial charge in [0.05, 0.1) is 18.0 Å². The smallest absolute Gasteiger partial charge is 0.284 e. The van der Waals surface area contributed by atoms with Crippen molar-refractivity contribution in [1.82, 2.24) is 10.3 Å². The topological polar surface area (TPSA) is 38.1 Å². The summed E-state index contributed by atoms with van der Waals surface area (Å²) in [6.45, 7) is 2.55. The molecule has 0 fully saturated rings. The molecule has 0 aliphatic carbocycles. The molecule has 1 N–H and O–H groups in total. The molecule has 2 rings (SSSR count). The summed E-state index contributed by atoms with van der Waals surface area (Å²) < 4.78 is 29.6. The number of halogens is 2. The van der Waals surface area contributed by atoms with Crippen molar-refractivity contribution in [3.8, 4) is 0 Å². The van der Waals surface area contributed by atoms with Gasteiger partial charge in [0.25, 0.3) is 5.76 Å². The SMILES string of the molecule is C[C@H](NCc1ccc(CSC(F)F)o1)c1ccccn1. The number of nitrogens with one attached hydrogen (secondary N) is 1. The van der Waals surface area contributed by atoms with E-state index in [1.165, 1.54) is 0 Å². The predicted molar refractivity (Wildman–Crippen MR) is 75.5 cm³/mol. The van der Waals surface area contributed by atoms with Crippen LogP contribution in [0.1, 0.15) is 30.2 Å². The Hall–Kier alpha value is -1.40. The Morgan fingerprint density at radius 2 is 2.05 bits per heavy atom. The van der Waals surface area contributed by atoms with Crippen LogP contribution >= 0.6 is 11.8 Å². The number of thioether (sulfide) groups is 1. The molecular formula is C14H16F2N2OS. The molecule has 2 aromatic rings. The highest BCUT2D eigenvalue weighted by molar-refractivity contribution is 7.98. The fourth-order valence-corrected chi connectivity index (χ4v) is 2.18. The van der Waals surface area contributed by atoms with E-state index in [-0.39, 0.29) is 11.8 Å². The molecule has 0 aliphatic rings. The average Bonchev–Trinajstić information content (AvgIpc) is 2.91. The van der Waals surface area contributed by atoms with Crippen molar-refractivity contribution >= 4 is 11.8 Å². The number of hydrogen-bond acceptors (Lipinski definition) is 4. The van der Waals surface area contributed by atoms with Gasteiger partial charge in [0.1, 0.15) is 11.5 Å². The Labute approximate surface area is 120 Å². The Bertz CT molecular complexity index is 519. The monoisotopic (exact) mass is 298 g/mol. The highest BCUT2D eigenvalue weighted by Crippen LogP contribution is 2.21. The Kier molecular flexibility index (Phi) is 5.55. The molecule has 6 heteroatoms. The molecule has 20 heavy (non-hydrogen) atoms. The standard InChI is InChI=1S/C14H16F2N2OS/c1-10(13-4-2-3-7-17-13)18-8-11-5-6-12(19-11)9-20-14(15)16/h2-7,10,14,18H,8-9H2,1H3/t10-/m0/s1. The minimum absolute atomic E-state index is 0.0974. The van der Waals surface area contributed by atoms with Gasteiger partial charge >= 0.3 is 0 Å². The third-order valence-corrected chi connectivity index (χ3v) is 3.49. The Morgan fingerprint density at radius 3 is 2.75 bits per heavy atom. The molecule has 0 radical (unpaired) electrons. The van der Waals surface area contributed by atoms with E-state index >= 15 is 0 Å². The van der Waals surface area contributed by atoms with E-state index < -0.39 is 5.76 Å². The number of nitrogens with zero attached hydrogens (tertiary/aromatic N) is 1. The first kappa shape index (κ1) is 15.0. The van der Waals surface area contributed by atoms with Gasteiger partial charge in [-0.3, -0.25) is 4.98 Å². The first-order valence-electron chi connectivity index (χ1n) is 6.27. The van der Waals surface area contributed by atoms with Crippen molar-refractivity contribution in [1.29, 1.82) is 0 Å². The third-order valence-electron chi connectivity index (χ3n) is 2.78. The quantitative estimate of drug-likeness (QED) is 0.839. The summed E-state index contributed by atoms with van der Waals surface area (Å²) in [7, 11) is 0. The van der Waals surface area contributed by atoms with Gasteiger partial charge < -0.3 is 9.73 Å². The summed E-state index contributed by atoms with van der Waals surface area (Å²) in [4.78, 5) is 4.27. The molecule has 1 atom stereocenters. The van der Waals surface area contributed by atoms with Gasteiger partial charge in [0.15, 0.2) is 0 Å². The molecular weight excluding hydrogens is 282 g/mol. The van der Waals surface area contributed by atoms with Crippen LogP contribution in [0.5, 0.6) is 0 Å². The number of alkyl halides is 2. The lowest BCUT2D eigenvalue weighted by Crippen LogP contribution is -2.18. The molecule has 0 spiro atoms. The molecule has 0 amide bonds. The minimum Gasteiger partial charge on any atom is -0.464 e. The summed E-state index contributed by atoms with van der Waals surface area (Å²) in [5.74, 6) is -0.880. The fraction of sp³-hybridized carbons (Fsp3) is 0.357. The van der Waals surface area contributed by atoms with Crippen LogP contribution in [0, 0.1) is 0 Å². The largest absolute Gasteiger partial charge is 0.464 e. The van der Waals surface area contributed by atoms with Crippen LogP contribution in [0.15, 0.2) is 40.9 Å². The molecule has 0 bridgehead atoms. The fourth-order valence-electron chi connectivity index (χ4n) is 1.73. The van der Waals surface area contributed by atoms with E-state index in [9.17, 15) is 8.78 Å². The van der Waals surface area contributed by atoms with Gasteiger partial charge in [0, 0.05) is 12.2 Å². The maximum Gasteiger partial charge on any atom is 0.284 e. The molecule has 3 nitrogen and oxygen atoms in total. The van der Waals surface area contributed by atoms with E-state index in [1.54, 1.807) is 18.3 Å². The van der Waals surface area contributed by atoms with Crippen molar-refractivity contribution in [2.45, 2.75) is 31.0 Å². The number of aromatic nitrogens is 1. The number of hydrogen-bond donors (Lipinski definition) is 1. The van der Waals surface area contributed by atoms with Crippen molar-refractivity contribution in [3.05, 3.63) is 53.7 Å². The maximum absolute atomic E-state index is 12.1. The van der Waals surface area contributed by atoms with Gasteiger partial charge in [-0.1, -0.05) is 17.8 Å². The summed E-state index contributed by atoms with van der Waals surface area (Å²) >= 11 is 0.561. The minimum atomic E-state index is -2.37. The van der Waals surface area contributed by atoms with Crippen molar-refractivity contribution in [3.63, 3.8) is 0 Å². The first-order valence-corrected chi connectivity index (χ1v) is 7.31. The summed E-state index contributed by atoms with van der Waals surface area (Å²) in [6.07, 6.45) is 1.75. The lowest BCUT2D eigenvalue weighted by atomic mass is 10.2. The van der Waals surface area contributed by atoms with Crippen molar-refractivity contribution < 1.29 is 13.2 Å². The lowest BCUT2D eigenvalue weighted by molar-refractivity contribution is 0.251. The Morgan fingerprint density at radius 1 is 1.25 bits per heavy atom. The van der Waals surface area contributed by atoms with Crippen LogP contribution in [0.4, 0.5) is 8.78 Å². The molecule has 0 aromatic carbocycles. The summed E-state index contributed by atoms with van der Waals surface area (Å²) in [5, 5.41) is 3.28. The normalized spacial score (nSPS) is 12.8. The van der Waals surface area contributed by atoms with E-state index in [0.29, 0.717) is 24.1 Å². The Balaban J connectivity index is 1.82. The van der Waals surface area contributed by atoms with Crippen molar-refractivity contribution in [2.75, 3.05) is 0 Å². The molecule has 2 aromatic heterocycles. The van der Waals surface area contributed by atoms with Crippen molar-refractivity contribution in [2.24, 2.45) is 0 Å². The van der Waals surface area contributed by atoms with Gasteiger partial charge in [-0.15, -0.1) is 0 Å². The average molecular weight is 298 g/mol. The van der Waals surface area contributed by atoms with Crippen LogP contribution in [-0.4, -0.2) is 10.7 Å². The maximum atomic E-state index is 12.1. The zero-order valence-electron chi connectivity index (χ0n) is 11.1.